The van der Waals surface area contributed by atoms with E-state index in [0.29, 0.717) is 5.02 Å². The van der Waals surface area contributed by atoms with Crippen molar-refractivity contribution in [3.8, 4) is 0 Å². The first-order chi connectivity index (χ1) is 5.68. The second-order valence-electron chi connectivity index (χ2n) is 3.08. The fraction of sp³-hybridized carbons (Fsp3) is 0.400. The summed E-state index contributed by atoms with van der Waals surface area (Å²) in [4.78, 5) is 1.24. The molecule has 0 spiro atoms. The topological polar surface area (TPSA) is 0 Å². The van der Waals surface area contributed by atoms with Crippen LogP contribution in [0.4, 0.5) is 0 Å². The Labute approximate surface area is 83.3 Å². The van der Waals surface area contributed by atoms with Crippen LogP contribution < -0.4 is 0 Å². The molecule has 0 N–H and O–H groups in total. The Morgan fingerprint density at radius 1 is 1.50 bits per heavy atom. The summed E-state index contributed by atoms with van der Waals surface area (Å²) in [6, 6.07) is 8.82. The van der Waals surface area contributed by atoms with Gasteiger partial charge in [0.1, 0.15) is 0 Å². The van der Waals surface area contributed by atoms with Crippen LogP contribution in [0.25, 0.3) is 0 Å². The minimum Gasteiger partial charge on any atom is -0.126 e. The lowest BCUT2D eigenvalue weighted by atomic mass is 10.3. The zero-order chi connectivity index (χ0) is 8.97. The van der Waals surface area contributed by atoms with Gasteiger partial charge >= 0.3 is 0 Å². The minimum absolute atomic E-state index is 0.684. The molecule has 2 heteroatoms. The maximum absolute atomic E-state index is 5.71. The normalized spacial score (nSPS) is 10.7. The van der Waals surface area contributed by atoms with Crippen molar-refractivity contribution in [1.82, 2.24) is 0 Å². The highest BCUT2D eigenvalue weighted by atomic mass is 35.5. The number of hydrogen-bond donors (Lipinski definition) is 0. The molecule has 1 aromatic rings. The van der Waals surface area contributed by atoms with Crippen LogP contribution in [-0.2, 0) is 0 Å². The predicted molar refractivity (Wildman–Crippen MR) is 55.9 cm³/mol. The highest BCUT2D eigenvalue weighted by Gasteiger charge is 1.96. The molecule has 0 nitrogen and oxygen atoms in total. The van der Waals surface area contributed by atoms with Gasteiger partial charge in [0.2, 0.25) is 0 Å². The number of benzene rings is 1. The molecule has 0 saturated carbocycles. The molecular weight excluding hydrogens is 188 g/mol. The van der Waals surface area contributed by atoms with Crippen molar-refractivity contribution in [2.45, 2.75) is 18.7 Å². The van der Waals surface area contributed by atoms with Gasteiger partial charge in [-0.25, -0.2) is 0 Å². The lowest BCUT2D eigenvalue weighted by Gasteiger charge is -2.03. The second-order valence-corrected chi connectivity index (χ2v) is 4.58. The Morgan fingerprint density at radius 2 is 2.25 bits per heavy atom. The van der Waals surface area contributed by atoms with Gasteiger partial charge in [-0.3, -0.25) is 0 Å². The minimum atomic E-state index is 0.684. The standard InChI is InChI=1S/C10H12ClS/c1-8(2)7-12-10-5-3-9(11)4-6-10/h3,5-6,8H,7H2,1-2H3. The number of halogens is 1. The van der Waals surface area contributed by atoms with Gasteiger partial charge in [0, 0.05) is 21.7 Å². The quantitative estimate of drug-likeness (QED) is 0.666. The maximum atomic E-state index is 5.71. The first-order valence-corrected chi connectivity index (χ1v) is 5.35. The summed E-state index contributed by atoms with van der Waals surface area (Å²) in [5, 5.41) is 0.684. The second kappa shape index (κ2) is 4.78. The Morgan fingerprint density at radius 3 is 2.75 bits per heavy atom. The smallest absolute Gasteiger partial charge is 0.0485 e. The molecule has 12 heavy (non-hydrogen) atoms. The summed E-state index contributed by atoms with van der Waals surface area (Å²) < 4.78 is 0. The van der Waals surface area contributed by atoms with Gasteiger partial charge in [0.05, 0.1) is 0 Å². The molecular formula is C10H12ClS. The fourth-order valence-electron chi connectivity index (χ4n) is 0.744. The third kappa shape index (κ3) is 3.51. The highest BCUT2D eigenvalue weighted by Crippen LogP contribution is 2.21. The first kappa shape index (κ1) is 9.94. The summed E-state index contributed by atoms with van der Waals surface area (Å²) >= 11 is 7.56. The van der Waals surface area contributed by atoms with Crippen LogP contribution in [0, 0.1) is 12.0 Å². The van der Waals surface area contributed by atoms with E-state index in [9.17, 15) is 0 Å². The van der Waals surface area contributed by atoms with Gasteiger partial charge in [0.15, 0.2) is 0 Å². The summed E-state index contributed by atoms with van der Waals surface area (Å²) in [6.45, 7) is 4.43. The van der Waals surface area contributed by atoms with E-state index in [2.05, 4.69) is 19.9 Å². The van der Waals surface area contributed by atoms with E-state index in [4.69, 9.17) is 11.6 Å². The molecule has 0 saturated heterocycles. The first-order valence-electron chi connectivity index (χ1n) is 3.98. The SMILES string of the molecule is CC(C)CSc1c[c]c(Cl)cc1. The number of hydrogen-bond acceptors (Lipinski definition) is 1. The van der Waals surface area contributed by atoms with Crippen molar-refractivity contribution >= 4 is 23.4 Å². The monoisotopic (exact) mass is 199 g/mol. The van der Waals surface area contributed by atoms with E-state index in [1.54, 1.807) is 0 Å². The largest absolute Gasteiger partial charge is 0.126 e. The molecule has 1 aromatic carbocycles. The summed E-state index contributed by atoms with van der Waals surface area (Å²) in [7, 11) is 0. The molecule has 0 aliphatic rings. The van der Waals surface area contributed by atoms with Gasteiger partial charge in [-0.05, 0) is 24.1 Å². The van der Waals surface area contributed by atoms with E-state index < -0.39 is 0 Å². The average molecular weight is 200 g/mol. The van der Waals surface area contributed by atoms with Crippen LogP contribution in [0.5, 0.6) is 0 Å². The summed E-state index contributed by atoms with van der Waals surface area (Å²) in [6.07, 6.45) is 0. The molecule has 0 fully saturated rings. The van der Waals surface area contributed by atoms with E-state index in [0.717, 1.165) is 11.7 Å². The van der Waals surface area contributed by atoms with Crippen LogP contribution in [-0.4, -0.2) is 5.75 Å². The molecule has 0 bridgehead atoms. The Bertz CT molecular complexity index is 228. The predicted octanol–water partition coefficient (Wildman–Crippen LogP) is 3.89. The van der Waals surface area contributed by atoms with E-state index in [1.807, 2.05) is 30.0 Å². The van der Waals surface area contributed by atoms with Gasteiger partial charge in [-0.1, -0.05) is 25.4 Å². The summed E-state index contributed by atoms with van der Waals surface area (Å²) in [5.41, 5.74) is 0. The van der Waals surface area contributed by atoms with Crippen molar-refractivity contribution in [3.63, 3.8) is 0 Å². The van der Waals surface area contributed by atoms with Crippen molar-refractivity contribution in [2.24, 2.45) is 5.92 Å². The van der Waals surface area contributed by atoms with Crippen LogP contribution in [0.2, 0.25) is 5.02 Å². The fourth-order valence-corrected chi connectivity index (χ4v) is 1.69. The molecule has 0 heterocycles. The zero-order valence-electron chi connectivity index (χ0n) is 7.30. The van der Waals surface area contributed by atoms with Crippen LogP contribution in [0.15, 0.2) is 23.1 Å². The Balaban J connectivity index is 2.48. The van der Waals surface area contributed by atoms with Crippen LogP contribution in [0.3, 0.4) is 0 Å². The van der Waals surface area contributed by atoms with Crippen molar-refractivity contribution < 1.29 is 0 Å². The van der Waals surface area contributed by atoms with E-state index in [-0.39, 0.29) is 0 Å². The van der Waals surface area contributed by atoms with Gasteiger partial charge in [0.25, 0.3) is 0 Å². The molecule has 0 aromatic heterocycles. The Kier molecular flexibility index (Phi) is 3.96. The molecule has 0 aliphatic carbocycles. The third-order valence-electron chi connectivity index (χ3n) is 1.33. The van der Waals surface area contributed by atoms with Gasteiger partial charge in [-0.2, -0.15) is 0 Å². The number of rotatable bonds is 3. The van der Waals surface area contributed by atoms with Crippen LogP contribution in [0.1, 0.15) is 13.8 Å². The van der Waals surface area contributed by atoms with Crippen LogP contribution >= 0.6 is 23.4 Å². The van der Waals surface area contributed by atoms with E-state index >= 15 is 0 Å². The Hall–Kier alpha value is -0.140. The van der Waals surface area contributed by atoms with Crippen molar-refractivity contribution in [3.05, 3.63) is 29.3 Å². The maximum Gasteiger partial charge on any atom is 0.0485 e. The molecule has 0 aliphatic heterocycles. The molecule has 0 atom stereocenters. The average Bonchev–Trinajstić information content (AvgIpc) is 2.03. The molecule has 65 valence electrons. The third-order valence-corrected chi connectivity index (χ3v) is 2.99. The lowest BCUT2D eigenvalue weighted by Crippen LogP contribution is -1.89. The van der Waals surface area contributed by atoms with Gasteiger partial charge < -0.3 is 0 Å². The zero-order valence-corrected chi connectivity index (χ0v) is 8.88. The number of thioether (sulfide) groups is 1. The molecule has 0 amide bonds. The molecule has 1 rings (SSSR count). The van der Waals surface area contributed by atoms with Crippen molar-refractivity contribution in [1.29, 1.82) is 0 Å². The molecule has 1 radical (unpaired) electrons. The van der Waals surface area contributed by atoms with Gasteiger partial charge in [-0.15, -0.1) is 11.8 Å². The molecule has 0 unspecified atom stereocenters. The van der Waals surface area contributed by atoms with Crippen molar-refractivity contribution in [2.75, 3.05) is 5.75 Å². The lowest BCUT2D eigenvalue weighted by molar-refractivity contribution is 0.750. The highest BCUT2D eigenvalue weighted by molar-refractivity contribution is 7.99. The summed E-state index contributed by atoms with van der Waals surface area (Å²) in [5.74, 6) is 1.88. The van der Waals surface area contributed by atoms with E-state index in [1.165, 1.54) is 4.90 Å².